The second-order valence-electron chi connectivity index (χ2n) is 5.20. The van der Waals surface area contributed by atoms with E-state index in [1.165, 1.54) is 11.1 Å². The summed E-state index contributed by atoms with van der Waals surface area (Å²) in [4.78, 5) is 4.80. The Kier molecular flexibility index (Phi) is 4.80. The summed E-state index contributed by atoms with van der Waals surface area (Å²) in [5.41, 5.74) is 3.53. The normalized spacial score (nSPS) is 12.6. The molecule has 0 radical (unpaired) electrons. The summed E-state index contributed by atoms with van der Waals surface area (Å²) in [6.45, 7) is 3.73. The summed E-state index contributed by atoms with van der Waals surface area (Å²) in [6, 6.07) is 18.8. The summed E-state index contributed by atoms with van der Waals surface area (Å²) in [6.07, 6.45) is 0. The lowest BCUT2D eigenvalue weighted by molar-refractivity contribution is 0.186. The molecule has 0 bridgehead atoms. The second-order valence-corrected chi connectivity index (χ2v) is 6.51. The maximum atomic E-state index is 5.25. The molecule has 0 saturated heterocycles. The van der Waals surface area contributed by atoms with Crippen LogP contribution in [0.5, 0.6) is 0 Å². The Hall–Kier alpha value is -1.78. The largest absolute Gasteiger partial charge is 0.383 e. The molecule has 22 heavy (non-hydrogen) atoms. The second kappa shape index (κ2) is 6.99. The van der Waals surface area contributed by atoms with Gasteiger partial charge in [0.25, 0.3) is 0 Å². The zero-order chi connectivity index (χ0) is 15.4. The molecule has 1 atom stereocenters. The summed E-state index contributed by atoms with van der Waals surface area (Å²) < 4.78 is 7.50. The molecular formula is C18H20N2OS. The predicted molar refractivity (Wildman–Crippen MR) is 92.3 cm³/mol. The van der Waals surface area contributed by atoms with E-state index < -0.39 is 0 Å². The molecule has 0 aliphatic heterocycles. The Morgan fingerprint density at radius 2 is 1.82 bits per heavy atom. The van der Waals surface area contributed by atoms with Gasteiger partial charge in [-0.1, -0.05) is 54.2 Å². The van der Waals surface area contributed by atoms with Crippen LogP contribution < -0.4 is 0 Å². The first-order chi connectivity index (χ1) is 10.8. The molecule has 114 valence electrons. The van der Waals surface area contributed by atoms with Crippen LogP contribution in [0.1, 0.15) is 17.7 Å². The molecule has 1 unspecified atom stereocenters. The van der Waals surface area contributed by atoms with Crippen molar-refractivity contribution in [1.29, 1.82) is 0 Å². The van der Waals surface area contributed by atoms with Crippen molar-refractivity contribution in [3.63, 3.8) is 0 Å². The van der Waals surface area contributed by atoms with Gasteiger partial charge < -0.3 is 9.30 Å². The van der Waals surface area contributed by atoms with Crippen LogP contribution in [-0.4, -0.2) is 23.3 Å². The van der Waals surface area contributed by atoms with Crippen molar-refractivity contribution in [3.05, 3.63) is 60.2 Å². The fraction of sp³-hybridized carbons (Fsp3) is 0.278. The predicted octanol–water partition coefficient (Wildman–Crippen LogP) is 4.54. The van der Waals surface area contributed by atoms with E-state index in [0.29, 0.717) is 11.9 Å². The molecule has 0 fully saturated rings. The smallest absolute Gasteiger partial charge is 0.169 e. The van der Waals surface area contributed by atoms with Crippen LogP contribution in [0.4, 0.5) is 0 Å². The van der Waals surface area contributed by atoms with Crippen molar-refractivity contribution in [2.75, 3.05) is 13.7 Å². The van der Waals surface area contributed by atoms with E-state index in [1.54, 1.807) is 18.9 Å². The first-order valence-electron chi connectivity index (χ1n) is 7.45. The summed E-state index contributed by atoms with van der Waals surface area (Å²) >= 11 is 1.80. The van der Waals surface area contributed by atoms with Gasteiger partial charge in [-0.2, -0.15) is 0 Å². The topological polar surface area (TPSA) is 27.1 Å². The number of imidazole rings is 1. The fourth-order valence-corrected chi connectivity index (χ4v) is 3.57. The highest BCUT2D eigenvalue weighted by Gasteiger charge is 2.15. The molecule has 1 heterocycles. The highest BCUT2D eigenvalue weighted by molar-refractivity contribution is 7.99. The maximum absolute atomic E-state index is 5.25. The molecule has 0 aliphatic rings. The van der Waals surface area contributed by atoms with E-state index in [2.05, 4.69) is 60.0 Å². The lowest BCUT2D eigenvalue weighted by atomic mass is 10.2. The number of fused-ring (bicyclic) bond motifs is 1. The Morgan fingerprint density at radius 3 is 2.59 bits per heavy atom. The molecule has 2 aromatic carbocycles. The van der Waals surface area contributed by atoms with Crippen LogP contribution >= 0.6 is 11.8 Å². The van der Waals surface area contributed by atoms with E-state index in [0.717, 1.165) is 17.2 Å². The van der Waals surface area contributed by atoms with E-state index >= 15 is 0 Å². The SMILES string of the molecule is COCCn1c(SC(C)c2ccccc2)nc2ccccc21. The van der Waals surface area contributed by atoms with Crippen molar-refractivity contribution in [2.45, 2.75) is 23.9 Å². The summed E-state index contributed by atoms with van der Waals surface area (Å²) in [5.74, 6) is 0. The average molecular weight is 312 g/mol. The van der Waals surface area contributed by atoms with Crippen molar-refractivity contribution in [1.82, 2.24) is 9.55 Å². The number of para-hydroxylation sites is 2. The molecule has 3 aromatic rings. The zero-order valence-corrected chi connectivity index (χ0v) is 13.7. The van der Waals surface area contributed by atoms with Crippen molar-refractivity contribution < 1.29 is 4.74 Å². The minimum Gasteiger partial charge on any atom is -0.383 e. The quantitative estimate of drug-likeness (QED) is 0.625. The number of aromatic nitrogens is 2. The van der Waals surface area contributed by atoms with Crippen LogP contribution in [0.2, 0.25) is 0 Å². The third-order valence-electron chi connectivity index (χ3n) is 3.69. The molecule has 4 heteroatoms. The molecule has 0 N–H and O–H groups in total. The lowest BCUT2D eigenvalue weighted by Crippen LogP contribution is -2.06. The first-order valence-corrected chi connectivity index (χ1v) is 8.33. The van der Waals surface area contributed by atoms with Crippen molar-refractivity contribution >= 4 is 22.8 Å². The molecule has 3 rings (SSSR count). The van der Waals surface area contributed by atoms with Gasteiger partial charge in [0, 0.05) is 18.9 Å². The van der Waals surface area contributed by atoms with Gasteiger partial charge in [0.1, 0.15) is 0 Å². The number of benzene rings is 2. The van der Waals surface area contributed by atoms with Crippen LogP contribution in [0.3, 0.4) is 0 Å². The van der Waals surface area contributed by atoms with E-state index in [1.807, 2.05) is 6.07 Å². The van der Waals surface area contributed by atoms with Gasteiger partial charge in [-0.3, -0.25) is 0 Å². The third-order valence-corrected chi connectivity index (χ3v) is 4.84. The Morgan fingerprint density at radius 1 is 1.09 bits per heavy atom. The van der Waals surface area contributed by atoms with E-state index in [9.17, 15) is 0 Å². The lowest BCUT2D eigenvalue weighted by Gasteiger charge is -2.13. The van der Waals surface area contributed by atoms with E-state index in [4.69, 9.17) is 9.72 Å². The highest BCUT2D eigenvalue weighted by atomic mass is 32.2. The van der Waals surface area contributed by atoms with Gasteiger partial charge in [0.05, 0.1) is 17.6 Å². The van der Waals surface area contributed by atoms with Gasteiger partial charge in [-0.15, -0.1) is 0 Å². The van der Waals surface area contributed by atoms with Crippen molar-refractivity contribution in [3.8, 4) is 0 Å². The van der Waals surface area contributed by atoms with Crippen LogP contribution in [0.25, 0.3) is 11.0 Å². The van der Waals surface area contributed by atoms with Crippen LogP contribution in [-0.2, 0) is 11.3 Å². The molecule has 3 nitrogen and oxygen atoms in total. The van der Waals surface area contributed by atoms with Crippen molar-refractivity contribution in [2.24, 2.45) is 0 Å². The van der Waals surface area contributed by atoms with Gasteiger partial charge in [0.2, 0.25) is 0 Å². The van der Waals surface area contributed by atoms with Gasteiger partial charge in [-0.25, -0.2) is 4.98 Å². The van der Waals surface area contributed by atoms with Gasteiger partial charge in [-0.05, 0) is 24.6 Å². The number of methoxy groups -OCH3 is 1. The Labute approximate surface area is 135 Å². The number of nitrogens with zero attached hydrogens (tertiary/aromatic N) is 2. The van der Waals surface area contributed by atoms with Crippen LogP contribution in [0.15, 0.2) is 59.8 Å². The Balaban J connectivity index is 1.92. The Bertz CT molecular complexity index is 739. The number of thioether (sulfide) groups is 1. The first kappa shape index (κ1) is 15.1. The molecule has 0 spiro atoms. The fourth-order valence-electron chi connectivity index (χ4n) is 2.49. The standard InChI is InChI=1S/C18H20N2OS/c1-14(15-8-4-3-5-9-15)22-18-19-16-10-6-7-11-17(16)20(18)12-13-21-2/h3-11,14H,12-13H2,1-2H3. The number of rotatable bonds is 6. The number of ether oxygens (including phenoxy) is 1. The van der Waals surface area contributed by atoms with Crippen LogP contribution in [0, 0.1) is 0 Å². The molecule has 0 aliphatic carbocycles. The maximum Gasteiger partial charge on any atom is 0.169 e. The molecule has 0 saturated carbocycles. The number of hydrogen-bond donors (Lipinski definition) is 0. The van der Waals surface area contributed by atoms with E-state index in [-0.39, 0.29) is 0 Å². The monoisotopic (exact) mass is 312 g/mol. The molecule has 0 amide bonds. The van der Waals surface area contributed by atoms with Gasteiger partial charge >= 0.3 is 0 Å². The number of hydrogen-bond acceptors (Lipinski definition) is 3. The molecule has 1 aromatic heterocycles. The zero-order valence-electron chi connectivity index (χ0n) is 12.9. The third kappa shape index (κ3) is 3.18. The minimum absolute atomic E-state index is 0.360. The average Bonchev–Trinajstić information content (AvgIpc) is 2.91. The molecular weight excluding hydrogens is 292 g/mol. The highest BCUT2D eigenvalue weighted by Crippen LogP contribution is 2.35. The summed E-state index contributed by atoms with van der Waals surface area (Å²) in [5, 5.41) is 1.41. The van der Waals surface area contributed by atoms with Gasteiger partial charge in [0.15, 0.2) is 5.16 Å². The minimum atomic E-state index is 0.360. The summed E-state index contributed by atoms with van der Waals surface area (Å²) in [7, 11) is 1.73.